The average Bonchev–Trinajstić information content (AvgIpc) is 2.21. The van der Waals surface area contributed by atoms with E-state index < -0.39 is 12.8 Å². The lowest BCUT2D eigenvalue weighted by atomic mass is 10.3. The van der Waals surface area contributed by atoms with Gasteiger partial charge in [-0.05, 0) is 25.9 Å². The summed E-state index contributed by atoms with van der Waals surface area (Å²) < 4.78 is 44.4. The van der Waals surface area contributed by atoms with Crippen molar-refractivity contribution < 1.29 is 22.6 Å². The lowest BCUT2D eigenvalue weighted by Gasteiger charge is -2.10. The van der Waals surface area contributed by atoms with E-state index in [-0.39, 0.29) is 12.0 Å². The Bertz CT molecular complexity index is 181. The van der Waals surface area contributed by atoms with Gasteiger partial charge in [-0.3, -0.25) is 0 Å². The molecule has 0 spiro atoms. The number of methoxy groups -OCH3 is 1. The first-order valence-corrected chi connectivity index (χ1v) is 5.87. The fourth-order valence-corrected chi connectivity index (χ4v) is 1.37. The lowest BCUT2D eigenvalue weighted by molar-refractivity contribution is -0.173. The molecule has 0 heterocycles. The van der Waals surface area contributed by atoms with E-state index >= 15 is 0 Å². The summed E-state index contributed by atoms with van der Waals surface area (Å²) in [5.74, 6) is 0. The Hall–Kier alpha value is -0.0400. The molecule has 7 heteroatoms. The van der Waals surface area contributed by atoms with Crippen LogP contribution in [0.25, 0.3) is 0 Å². The topological polar surface area (TPSA) is 30.5 Å². The fraction of sp³-hybridized carbons (Fsp3) is 1.00. The predicted octanol–water partition coefficient (Wildman–Crippen LogP) is 2.19. The summed E-state index contributed by atoms with van der Waals surface area (Å²) in [6.07, 6.45) is -2.93. The van der Waals surface area contributed by atoms with Crippen LogP contribution in [0, 0.1) is 0 Å². The van der Waals surface area contributed by atoms with Gasteiger partial charge in [-0.1, -0.05) is 0 Å². The van der Waals surface area contributed by atoms with Gasteiger partial charge in [-0.25, -0.2) is 0 Å². The molecule has 3 nitrogen and oxygen atoms in total. The summed E-state index contributed by atoms with van der Waals surface area (Å²) >= 11 is 5.88. The summed E-state index contributed by atoms with van der Waals surface area (Å²) in [5.41, 5.74) is 0. The van der Waals surface area contributed by atoms with Gasteiger partial charge in [0, 0.05) is 13.7 Å². The zero-order valence-electron chi connectivity index (χ0n) is 9.86. The highest BCUT2D eigenvalue weighted by Gasteiger charge is 2.27. The Morgan fingerprint density at radius 3 is 2.59 bits per heavy atom. The number of alkyl halides is 4. The van der Waals surface area contributed by atoms with Crippen molar-refractivity contribution in [2.75, 3.05) is 40.0 Å². The van der Waals surface area contributed by atoms with Gasteiger partial charge >= 0.3 is 6.18 Å². The van der Waals surface area contributed by atoms with E-state index in [2.05, 4.69) is 10.1 Å². The highest BCUT2D eigenvalue weighted by Crippen LogP contribution is 2.14. The number of halogens is 4. The first-order chi connectivity index (χ1) is 7.95. The maximum Gasteiger partial charge on any atom is 0.411 e. The van der Waals surface area contributed by atoms with Gasteiger partial charge in [0.15, 0.2) is 0 Å². The summed E-state index contributed by atoms with van der Waals surface area (Å²) in [5, 5.41) is 3.04. The molecule has 104 valence electrons. The Kier molecular flexibility index (Phi) is 9.91. The zero-order chi connectivity index (χ0) is 13.1. The molecule has 0 amide bonds. The Labute approximate surface area is 105 Å². The van der Waals surface area contributed by atoms with Crippen molar-refractivity contribution in [1.29, 1.82) is 0 Å². The minimum absolute atomic E-state index is 0.0334. The molecular formula is C10H19ClF3NO2. The number of ether oxygens (including phenoxy) is 2. The molecule has 0 aliphatic heterocycles. The molecule has 0 saturated heterocycles. The predicted molar refractivity (Wildman–Crippen MR) is 60.5 cm³/mol. The molecule has 1 N–H and O–H groups in total. The second kappa shape index (κ2) is 9.94. The van der Waals surface area contributed by atoms with Crippen LogP contribution in [0.4, 0.5) is 13.2 Å². The third-order valence-electron chi connectivity index (χ3n) is 1.89. The fourth-order valence-electron chi connectivity index (χ4n) is 1.13. The standard InChI is InChI=1S/C10H19ClF3NO2/c1-16-7-9(11)3-5-15-4-2-6-17-8-10(12,13)14/h9,15H,2-8H2,1H3. The van der Waals surface area contributed by atoms with Crippen molar-refractivity contribution in [3.63, 3.8) is 0 Å². The van der Waals surface area contributed by atoms with Crippen LogP contribution in [0.5, 0.6) is 0 Å². The van der Waals surface area contributed by atoms with Crippen molar-refractivity contribution in [3.8, 4) is 0 Å². The van der Waals surface area contributed by atoms with E-state index in [0.717, 1.165) is 13.0 Å². The molecule has 0 bridgehead atoms. The molecule has 0 aliphatic carbocycles. The lowest BCUT2D eigenvalue weighted by Crippen LogP contribution is -2.23. The Balaban J connectivity index is 3.14. The highest BCUT2D eigenvalue weighted by molar-refractivity contribution is 6.20. The van der Waals surface area contributed by atoms with Crippen LogP contribution in [0.3, 0.4) is 0 Å². The second-order valence-corrected chi connectivity index (χ2v) is 4.23. The van der Waals surface area contributed by atoms with Gasteiger partial charge in [0.1, 0.15) is 6.61 Å². The van der Waals surface area contributed by atoms with Gasteiger partial charge in [0.05, 0.1) is 12.0 Å². The van der Waals surface area contributed by atoms with Crippen LogP contribution in [-0.2, 0) is 9.47 Å². The summed E-state index contributed by atoms with van der Waals surface area (Å²) in [4.78, 5) is 0. The van der Waals surface area contributed by atoms with Crippen molar-refractivity contribution >= 4 is 11.6 Å². The molecule has 0 saturated carbocycles. The molecule has 1 unspecified atom stereocenters. The van der Waals surface area contributed by atoms with Crippen molar-refractivity contribution in [2.24, 2.45) is 0 Å². The first-order valence-electron chi connectivity index (χ1n) is 5.44. The minimum atomic E-state index is -4.24. The monoisotopic (exact) mass is 277 g/mol. The molecule has 0 fully saturated rings. The van der Waals surface area contributed by atoms with E-state index in [1.165, 1.54) is 0 Å². The summed E-state index contributed by atoms with van der Waals surface area (Å²) in [6, 6.07) is 0. The first kappa shape index (κ1) is 17.0. The normalized spacial score (nSPS) is 13.9. The average molecular weight is 278 g/mol. The minimum Gasteiger partial charge on any atom is -0.383 e. The molecule has 0 aromatic rings. The van der Waals surface area contributed by atoms with Crippen LogP contribution >= 0.6 is 11.6 Å². The maximum atomic E-state index is 11.7. The highest BCUT2D eigenvalue weighted by atomic mass is 35.5. The number of hydrogen-bond donors (Lipinski definition) is 1. The largest absolute Gasteiger partial charge is 0.411 e. The van der Waals surface area contributed by atoms with Crippen LogP contribution in [0.15, 0.2) is 0 Å². The summed E-state index contributed by atoms with van der Waals surface area (Å²) in [6.45, 7) is 0.767. The molecule has 0 radical (unpaired) electrons. The van der Waals surface area contributed by atoms with E-state index in [4.69, 9.17) is 16.3 Å². The van der Waals surface area contributed by atoms with Gasteiger partial charge < -0.3 is 14.8 Å². The van der Waals surface area contributed by atoms with Gasteiger partial charge in [0.2, 0.25) is 0 Å². The van der Waals surface area contributed by atoms with Gasteiger partial charge in [-0.2, -0.15) is 13.2 Å². The van der Waals surface area contributed by atoms with Crippen molar-refractivity contribution in [3.05, 3.63) is 0 Å². The third-order valence-corrected chi connectivity index (χ3v) is 2.23. The van der Waals surface area contributed by atoms with Crippen LogP contribution in [0.1, 0.15) is 12.8 Å². The SMILES string of the molecule is COCC(Cl)CCNCCCOCC(F)(F)F. The molecule has 17 heavy (non-hydrogen) atoms. The second-order valence-electron chi connectivity index (χ2n) is 3.61. The van der Waals surface area contributed by atoms with E-state index in [1.807, 2.05) is 0 Å². The van der Waals surface area contributed by atoms with E-state index in [1.54, 1.807) is 7.11 Å². The quantitative estimate of drug-likeness (QED) is 0.490. The van der Waals surface area contributed by atoms with Crippen LogP contribution < -0.4 is 5.32 Å². The van der Waals surface area contributed by atoms with Crippen molar-refractivity contribution in [1.82, 2.24) is 5.32 Å². The Morgan fingerprint density at radius 1 is 1.29 bits per heavy atom. The Morgan fingerprint density at radius 2 is 2.00 bits per heavy atom. The molecule has 0 aliphatic rings. The van der Waals surface area contributed by atoms with Crippen molar-refractivity contribution in [2.45, 2.75) is 24.4 Å². The molecule has 0 aromatic heterocycles. The third kappa shape index (κ3) is 13.9. The zero-order valence-corrected chi connectivity index (χ0v) is 10.6. The smallest absolute Gasteiger partial charge is 0.383 e. The molecule has 1 atom stereocenters. The van der Waals surface area contributed by atoms with E-state index in [9.17, 15) is 13.2 Å². The van der Waals surface area contributed by atoms with Gasteiger partial charge in [-0.15, -0.1) is 11.6 Å². The number of hydrogen-bond acceptors (Lipinski definition) is 3. The van der Waals surface area contributed by atoms with Crippen LogP contribution in [0.2, 0.25) is 0 Å². The maximum absolute atomic E-state index is 11.7. The number of nitrogens with one attached hydrogen (secondary N) is 1. The molecule has 0 rings (SSSR count). The summed E-state index contributed by atoms with van der Waals surface area (Å²) in [7, 11) is 1.58. The van der Waals surface area contributed by atoms with E-state index in [0.29, 0.717) is 19.6 Å². The molecular weight excluding hydrogens is 259 g/mol. The van der Waals surface area contributed by atoms with Crippen LogP contribution in [-0.4, -0.2) is 51.6 Å². The molecule has 0 aromatic carbocycles. The number of rotatable bonds is 10. The van der Waals surface area contributed by atoms with Gasteiger partial charge in [0.25, 0.3) is 0 Å².